The quantitative estimate of drug-likeness (QED) is 0.527. The molecule has 0 bridgehead atoms. The molecule has 0 aliphatic heterocycles. The number of aryl methyl sites for hydroxylation is 1. The first-order valence-electron chi connectivity index (χ1n) is 6.73. The van der Waals surface area contributed by atoms with E-state index in [1.165, 1.54) is 12.8 Å². The molecule has 1 aromatic carbocycles. The van der Waals surface area contributed by atoms with Crippen LogP contribution in [0.5, 0.6) is 0 Å². The average molecular weight is 249 g/mol. The molecule has 0 amide bonds. The molecule has 1 nitrogen and oxygen atoms in total. The van der Waals surface area contributed by atoms with Gasteiger partial charge in [0.15, 0.2) is 0 Å². The molecule has 2 heteroatoms. The summed E-state index contributed by atoms with van der Waals surface area (Å²) in [7, 11) is 1.90. The number of allylic oxidation sites excluding steroid dienone is 1. The summed E-state index contributed by atoms with van der Waals surface area (Å²) >= 11 is 0. The monoisotopic (exact) mass is 249 g/mol. The van der Waals surface area contributed by atoms with Crippen LogP contribution in [0.2, 0.25) is 0 Å². The molecule has 18 heavy (non-hydrogen) atoms. The zero-order chi connectivity index (χ0) is 13.4. The SMILES string of the molecule is C=CCCCCCC(NC)c1ccc(C)cc1F. The third-order valence-corrected chi connectivity index (χ3v) is 3.28. The van der Waals surface area contributed by atoms with Gasteiger partial charge in [0.2, 0.25) is 0 Å². The van der Waals surface area contributed by atoms with E-state index >= 15 is 0 Å². The molecular weight excluding hydrogens is 225 g/mol. The lowest BCUT2D eigenvalue weighted by Gasteiger charge is -2.17. The average Bonchev–Trinajstić information content (AvgIpc) is 2.35. The first-order valence-corrected chi connectivity index (χ1v) is 6.73. The summed E-state index contributed by atoms with van der Waals surface area (Å²) in [5.41, 5.74) is 1.75. The fourth-order valence-corrected chi connectivity index (χ4v) is 2.18. The molecule has 1 aromatic rings. The highest BCUT2D eigenvalue weighted by molar-refractivity contribution is 5.26. The van der Waals surface area contributed by atoms with Gasteiger partial charge in [-0.2, -0.15) is 0 Å². The summed E-state index contributed by atoms with van der Waals surface area (Å²) in [4.78, 5) is 0. The van der Waals surface area contributed by atoms with Crippen LogP contribution in [0.1, 0.15) is 49.3 Å². The molecule has 0 aromatic heterocycles. The molecule has 0 saturated heterocycles. The molecule has 1 atom stereocenters. The van der Waals surface area contributed by atoms with Crippen LogP contribution in [0, 0.1) is 12.7 Å². The van der Waals surface area contributed by atoms with Crippen molar-refractivity contribution in [2.75, 3.05) is 7.05 Å². The third kappa shape index (κ3) is 4.61. The second-order valence-electron chi connectivity index (χ2n) is 4.79. The summed E-state index contributed by atoms with van der Waals surface area (Å²) in [5.74, 6) is -0.0968. The van der Waals surface area contributed by atoms with Gasteiger partial charge < -0.3 is 5.32 Å². The van der Waals surface area contributed by atoms with E-state index in [2.05, 4.69) is 11.9 Å². The number of hydrogen-bond donors (Lipinski definition) is 1. The predicted octanol–water partition coefficient (Wildman–Crippen LogP) is 4.53. The Balaban J connectivity index is 2.52. The minimum Gasteiger partial charge on any atom is -0.313 e. The van der Waals surface area contributed by atoms with Gasteiger partial charge in [0, 0.05) is 11.6 Å². The van der Waals surface area contributed by atoms with Crippen molar-refractivity contribution >= 4 is 0 Å². The van der Waals surface area contributed by atoms with Crippen molar-refractivity contribution in [3.8, 4) is 0 Å². The first kappa shape index (κ1) is 14.9. The fraction of sp³-hybridized carbons (Fsp3) is 0.500. The molecule has 1 unspecified atom stereocenters. The summed E-state index contributed by atoms with van der Waals surface area (Å²) < 4.78 is 13.9. The van der Waals surface area contributed by atoms with E-state index in [-0.39, 0.29) is 11.9 Å². The summed E-state index contributed by atoms with van der Waals surface area (Å²) in [6, 6.07) is 5.60. The topological polar surface area (TPSA) is 12.0 Å². The molecule has 100 valence electrons. The standard InChI is InChI=1S/C16H24FN/c1-4-5-6-7-8-9-16(18-3)14-11-10-13(2)12-15(14)17/h4,10-12,16,18H,1,5-9H2,2-3H3. The maximum Gasteiger partial charge on any atom is 0.128 e. The van der Waals surface area contributed by atoms with Crippen molar-refractivity contribution in [1.82, 2.24) is 5.32 Å². The smallest absolute Gasteiger partial charge is 0.128 e. The molecule has 1 N–H and O–H groups in total. The molecule has 0 spiro atoms. The Morgan fingerprint density at radius 3 is 2.72 bits per heavy atom. The number of unbranched alkanes of at least 4 members (excludes halogenated alkanes) is 3. The Morgan fingerprint density at radius 1 is 1.33 bits per heavy atom. The summed E-state index contributed by atoms with van der Waals surface area (Å²) in [5, 5.41) is 3.21. The molecule has 0 heterocycles. The van der Waals surface area contributed by atoms with Gasteiger partial charge in [0.05, 0.1) is 0 Å². The van der Waals surface area contributed by atoms with E-state index in [4.69, 9.17) is 0 Å². The molecule has 1 rings (SSSR count). The highest BCUT2D eigenvalue weighted by atomic mass is 19.1. The van der Waals surface area contributed by atoms with Crippen LogP contribution in [0.3, 0.4) is 0 Å². The number of halogens is 1. The normalized spacial score (nSPS) is 12.4. The Bertz CT molecular complexity index is 373. The number of benzene rings is 1. The van der Waals surface area contributed by atoms with Gasteiger partial charge in [-0.3, -0.25) is 0 Å². The van der Waals surface area contributed by atoms with Crippen molar-refractivity contribution in [2.45, 2.75) is 45.1 Å². The second kappa shape index (κ2) is 8.04. The van der Waals surface area contributed by atoms with Gasteiger partial charge in [-0.15, -0.1) is 6.58 Å². The van der Waals surface area contributed by atoms with E-state index in [0.29, 0.717) is 0 Å². The van der Waals surface area contributed by atoms with Crippen LogP contribution in [0.25, 0.3) is 0 Å². The number of hydrogen-bond acceptors (Lipinski definition) is 1. The van der Waals surface area contributed by atoms with Gasteiger partial charge in [-0.25, -0.2) is 4.39 Å². The van der Waals surface area contributed by atoms with Gasteiger partial charge in [-0.1, -0.05) is 31.1 Å². The zero-order valence-electron chi connectivity index (χ0n) is 11.5. The van der Waals surface area contributed by atoms with E-state index in [1.54, 1.807) is 6.07 Å². The molecule has 0 saturated carbocycles. The Morgan fingerprint density at radius 2 is 2.11 bits per heavy atom. The summed E-state index contributed by atoms with van der Waals surface area (Å²) in [6.45, 7) is 5.63. The maximum absolute atomic E-state index is 13.9. The second-order valence-corrected chi connectivity index (χ2v) is 4.79. The van der Waals surface area contributed by atoms with Crippen LogP contribution >= 0.6 is 0 Å². The van der Waals surface area contributed by atoms with Gasteiger partial charge in [-0.05, 0) is 44.9 Å². The van der Waals surface area contributed by atoms with Crippen LogP contribution in [0.15, 0.2) is 30.9 Å². The van der Waals surface area contributed by atoms with Gasteiger partial charge in [0.25, 0.3) is 0 Å². The lowest BCUT2D eigenvalue weighted by molar-refractivity contribution is 0.482. The highest BCUT2D eigenvalue weighted by Crippen LogP contribution is 2.23. The van der Waals surface area contributed by atoms with E-state index in [1.807, 2.05) is 32.2 Å². The Labute approximate surface area is 110 Å². The predicted molar refractivity (Wildman–Crippen MR) is 76.2 cm³/mol. The minimum absolute atomic E-state index is 0.0968. The molecule has 0 fully saturated rings. The third-order valence-electron chi connectivity index (χ3n) is 3.28. The van der Waals surface area contributed by atoms with Crippen LogP contribution in [-0.2, 0) is 0 Å². The van der Waals surface area contributed by atoms with Crippen molar-refractivity contribution in [2.24, 2.45) is 0 Å². The maximum atomic E-state index is 13.9. The van der Waals surface area contributed by atoms with Gasteiger partial charge >= 0.3 is 0 Å². The first-order chi connectivity index (χ1) is 8.69. The van der Waals surface area contributed by atoms with Crippen molar-refractivity contribution in [1.29, 1.82) is 0 Å². The molecule has 0 radical (unpaired) electrons. The van der Waals surface area contributed by atoms with Crippen molar-refractivity contribution in [3.63, 3.8) is 0 Å². The Kier molecular flexibility index (Phi) is 6.66. The molecular formula is C16H24FN. The fourth-order valence-electron chi connectivity index (χ4n) is 2.18. The molecule has 0 aliphatic carbocycles. The van der Waals surface area contributed by atoms with Crippen LogP contribution < -0.4 is 5.32 Å². The van der Waals surface area contributed by atoms with E-state index in [9.17, 15) is 4.39 Å². The number of rotatable bonds is 8. The summed E-state index contributed by atoms with van der Waals surface area (Å²) in [6.07, 6.45) is 7.48. The number of nitrogens with one attached hydrogen (secondary N) is 1. The van der Waals surface area contributed by atoms with Crippen LogP contribution in [0.4, 0.5) is 4.39 Å². The van der Waals surface area contributed by atoms with Gasteiger partial charge in [0.1, 0.15) is 5.82 Å². The van der Waals surface area contributed by atoms with E-state index < -0.39 is 0 Å². The van der Waals surface area contributed by atoms with Crippen molar-refractivity contribution < 1.29 is 4.39 Å². The van der Waals surface area contributed by atoms with Crippen molar-refractivity contribution in [3.05, 3.63) is 47.8 Å². The lowest BCUT2D eigenvalue weighted by atomic mass is 9.98. The lowest BCUT2D eigenvalue weighted by Crippen LogP contribution is -2.17. The molecule has 0 aliphatic rings. The minimum atomic E-state index is -0.0968. The van der Waals surface area contributed by atoms with Crippen LogP contribution in [-0.4, -0.2) is 7.05 Å². The highest BCUT2D eigenvalue weighted by Gasteiger charge is 2.13. The Hall–Kier alpha value is -1.15. The zero-order valence-corrected chi connectivity index (χ0v) is 11.5. The van der Waals surface area contributed by atoms with E-state index in [0.717, 1.165) is 30.4 Å². The largest absolute Gasteiger partial charge is 0.313 e.